The molecule has 0 spiro atoms. The van der Waals surface area contributed by atoms with E-state index in [-0.39, 0.29) is 5.91 Å². The molecule has 1 atom stereocenters. The summed E-state index contributed by atoms with van der Waals surface area (Å²) < 4.78 is 7.29. The van der Waals surface area contributed by atoms with Crippen molar-refractivity contribution in [2.24, 2.45) is 5.92 Å². The maximum absolute atomic E-state index is 13.0. The van der Waals surface area contributed by atoms with Gasteiger partial charge in [0.2, 0.25) is 0 Å². The molecule has 1 saturated heterocycles. The third kappa shape index (κ3) is 4.21. The van der Waals surface area contributed by atoms with Gasteiger partial charge in [0.1, 0.15) is 0 Å². The van der Waals surface area contributed by atoms with Gasteiger partial charge in [0.05, 0.1) is 18.9 Å². The lowest BCUT2D eigenvalue weighted by Crippen LogP contribution is -2.38. The summed E-state index contributed by atoms with van der Waals surface area (Å²) in [5, 5.41) is 11.5. The fourth-order valence-electron chi connectivity index (χ4n) is 3.12. The molecule has 1 aliphatic rings. The highest BCUT2D eigenvalue weighted by Crippen LogP contribution is 2.15. The number of amides is 1. The first kappa shape index (κ1) is 17.5. The molecule has 134 valence electrons. The van der Waals surface area contributed by atoms with E-state index in [1.807, 2.05) is 50.2 Å². The van der Waals surface area contributed by atoms with Crippen molar-refractivity contribution in [2.75, 3.05) is 46.9 Å². The van der Waals surface area contributed by atoms with Gasteiger partial charge in [-0.2, -0.15) is 4.68 Å². The molecule has 8 heteroatoms. The topological polar surface area (TPSA) is 76.4 Å². The highest BCUT2D eigenvalue weighted by atomic mass is 16.5. The number of hydrogen-bond acceptors (Lipinski definition) is 6. The largest absolute Gasteiger partial charge is 0.379 e. The van der Waals surface area contributed by atoms with E-state index in [0.29, 0.717) is 43.6 Å². The molecule has 1 fully saturated rings. The Morgan fingerprint density at radius 3 is 2.96 bits per heavy atom. The Bertz CT molecular complexity index is 729. The summed E-state index contributed by atoms with van der Waals surface area (Å²) in [6.07, 6.45) is 0. The third-order valence-corrected chi connectivity index (χ3v) is 4.21. The summed E-state index contributed by atoms with van der Waals surface area (Å²) in [7, 11) is 4.07. The highest BCUT2D eigenvalue weighted by Gasteiger charge is 2.24. The Labute approximate surface area is 147 Å². The molecule has 8 nitrogen and oxygen atoms in total. The van der Waals surface area contributed by atoms with Crippen molar-refractivity contribution in [3.05, 3.63) is 35.7 Å². The molecule has 3 rings (SSSR count). The van der Waals surface area contributed by atoms with E-state index in [2.05, 4.69) is 20.4 Å². The molecule has 1 amide bonds. The van der Waals surface area contributed by atoms with E-state index < -0.39 is 0 Å². The molecule has 2 heterocycles. The Hall–Kier alpha value is -2.32. The standard InChI is InChI=1S/C17H24N6O2/c1-13-18-19-20-23(13)16-6-4-5-15(9-16)17(24)22-7-8-25-12-14(11-22)10-21(2)3/h4-6,9,14H,7-8,10-12H2,1-3H3/t14-/m1/s1. The van der Waals surface area contributed by atoms with Crippen molar-refractivity contribution in [3.63, 3.8) is 0 Å². The molecule has 0 N–H and O–H groups in total. The second kappa shape index (κ2) is 7.71. The van der Waals surface area contributed by atoms with Crippen LogP contribution >= 0.6 is 0 Å². The number of aryl methyl sites for hydroxylation is 1. The first-order chi connectivity index (χ1) is 12.0. The minimum absolute atomic E-state index is 0.0156. The molecule has 25 heavy (non-hydrogen) atoms. The molecular weight excluding hydrogens is 320 g/mol. The van der Waals surface area contributed by atoms with E-state index in [9.17, 15) is 4.79 Å². The van der Waals surface area contributed by atoms with E-state index in [4.69, 9.17) is 4.74 Å². The van der Waals surface area contributed by atoms with E-state index in [1.54, 1.807) is 4.68 Å². The number of benzene rings is 1. The number of ether oxygens (including phenoxy) is 1. The number of tetrazole rings is 1. The van der Waals surface area contributed by atoms with Crippen molar-refractivity contribution in [1.29, 1.82) is 0 Å². The van der Waals surface area contributed by atoms with Crippen LogP contribution in [0.1, 0.15) is 16.2 Å². The van der Waals surface area contributed by atoms with Gasteiger partial charge in [-0.05, 0) is 49.6 Å². The van der Waals surface area contributed by atoms with Crippen molar-refractivity contribution in [3.8, 4) is 5.69 Å². The van der Waals surface area contributed by atoms with E-state index >= 15 is 0 Å². The van der Waals surface area contributed by atoms with Crippen LogP contribution in [0.4, 0.5) is 0 Å². The van der Waals surface area contributed by atoms with Gasteiger partial charge in [0.15, 0.2) is 5.82 Å². The van der Waals surface area contributed by atoms with Gasteiger partial charge in [-0.3, -0.25) is 4.79 Å². The number of hydrogen-bond donors (Lipinski definition) is 0. The van der Waals surface area contributed by atoms with Crippen LogP contribution in [0.25, 0.3) is 5.69 Å². The first-order valence-electron chi connectivity index (χ1n) is 8.42. The van der Waals surface area contributed by atoms with Gasteiger partial charge in [0, 0.05) is 31.1 Å². The van der Waals surface area contributed by atoms with Gasteiger partial charge in [0.25, 0.3) is 5.91 Å². The van der Waals surface area contributed by atoms with Crippen molar-refractivity contribution >= 4 is 5.91 Å². The molecule has 0 saturated carbocycles. The zero-order valence-electron chi connectivity index (χ0n) is 14.9. The summed E-state index contributed by atoms with van der Waals surface area (Å²) >= 11 is 0. The van der Waals surface area contributed by atoms with Crippen molar-refractivity contribution < 1.29 is 9.53 Å². The molecule has 1 aromatic heterocycles. The van der Waals surface area contributed by atoms with Crippen LogP contribution in [0.5, 0.6) is 0 Å². The molecule has 1 aliphatic heterocycles. The maximum atomic E-state index is 13.0. The van der Waals surface area contributed by atoms with Crippen LogP contribution in [-0.2, 0) is 4.74 Å². The summed E-state index contributed by atoms with van der Waals surface area (Å²) in [5.41, 5.74) is 1.42. The van der Waals surface area contributed by atoms with Gasteiger partial charge in [-0.25, -0.2) is 0 Å². The molecule has 0 aliphatic carbocycles. The zero-order valence-corrected chi connectivity index (χ0v) is 14.9. The Kier molecular flexibility index (Phi) is 5.40. The van der Waals surface area contributed by atoms with Gasteiger partial charge >= 0.3 is 0 Å². The predicted molar refractivity (Wildman–Crippen MR) is 92.7 cm³/mol. The summed E-state index contributed by atoms with van der Waals surface area (Å²) in [6.45, 7) is 5.29. The zero-order chi connectivity index (χ0) is 17.8. The molecule has 0 bridgehead atoms. The van der Waals surface area contributed by atoms with Gasteiger partial charge in [-0.15, -0.1) is 5.10 Å². The lowest BCUT2D eigenvalue weighted by Gasteiger charge is -2.25. The van der Waals surface area contributed by atoms with Crippen LogP contribution in [0, 0.1) is 12.8 Å². The average Bonchev–Trinajstić information content (AvgIpc) is 2.88. The smallest absolute Gasteiger partial charge is 0.254 e. The van der Waals surface area contributed by atoms with Crippen LogP contribution in [0.2, 0.25) is 0 Å². The average molecular weight is 344 g/mol. The summed E-state index contributed by atoms with van der Waals surface area (Å²) in [4.78, 5) is 17.0. The SMILES string of the molecule is Cc1nnnn1-c1cccc(C(=O)N2CCOC[C@H](CN(C)C)C2)c1. The van der Waals surface area contributed by atoms with Crippen LogP contribution < -0.4 is 0 Å². The number of carbonyl (C=O) groups excluding carboxylic acids is 1. The van der Waals surface area contributed by atoms with Crippen LogP contribution in [-0.4, -0.2) is 82.9 Å². The van der Waals surface area contributed by atoms with Crippen molar-refractivity contribution in [2.45, 2.75) is 6.92 Å². The molecule has 0 unspecified atom stereocenters. The minimum atomic E-state index is 0.0156. The quantitative estimate of drug-likeness (QED) is 0.809. The predicted octanol–water partition coefficient (Wildman–Crippen LogP) is 0.621. The minimum Gasteiger partial charge on any atom is -0.379 e. The third-order valence-electron chi connectivity index (χ3n) is 4.21. The summed E-state index contributed by atoms with van der Waals surface area (Å²) in [6, 6.07) is 7.41. The fraction of sp³-hybridized carbons (Fsp3) is 0.529. The second-order valence-corrected chi connectivity index (χ2v) is 6.64. The maximum Gasteiger partial charge on any atom is 0.254 e. The Balaban J connectivity index is 1.79. The second-order valence-electron chi connectivity index (χ2n) is 6.64. The molecule has 2 aromatic rings. The fourth-order valence-corrected chi connectivity index (χ4v) is 3.12. The van der Waals surface area contributed by atoms with Gasteiger partial charge < -0.3 is 14.5 Å². The number of carbonyl (C=O) groups is 1. The number of aromatic nitrogens is 4. The van der Waals surface area contributed by atoms with E-state index in [1.165, 1.54) is 0 Å². The normalized spacial score (nSPS) is 18.4. The Morgan fingerprint density at radius 2 is 2.24 bits per heavy atom. The lowest BCUT2D eigenvalue weighted by molar-refractivity contribution is 0.0735. The van der Waals surface area contributed by atoms with Crippen molar-refractivity contribution in [1.82, 2.24) is 30.0 Å². The molecule has 0 radical (unpaired) electrons. The highest BCUT2D eigenvalue weighted by molar-refractivity contribution is 5.94. The molecular formula is C17H24N6O2. The summed E-state index contributed by atoms with van der Waals surface area (Å²) in [5.74, 6) is 1.01. The van der Waals surface area contributed by atoms with E-state index in [0.717, 1.165) is 12.2 Å². The lowest BCUT2D eigenvalue weighted by atomic mass is 10.1. The first-order valence-corrected chi connectivity index (χ1v) is 8.42. The van der Waals surface area contributed by atoms with Crippen LogP contribution in [0.3, 0.4) is 0 Å². The monoisotopic (exact) mass is 344 g/mol. The van der Waals surface area contributed by atoms with Crippen LogP contribution in [0.15, 0.2) is 24.3 Å². The molecule has 1 aromatic carbocycles. The number of rotatable bonds is 4. The van der Waals surface area contributed by atoms with Gasteiger partial charge in [-0.1, -0.05) is 6.07 Å². The number of nitrogens with zero attached hydrogens (tertiary/aromatic N) is 6. The Morgan fingerprint density at radius 1 is 1.40 bits per heavy atom.